The summed E-state index contributed by atoms with van der Waals surface area (Å²) in [5.41, 5.74) is 2.42. The lowest BCUT2D eigenvalue weighted by molar-refractivity contribution is -0.140. The summed E-state index contributed by atoms with van der Waals surface area (Å²) < 4.78 is 0. The Balaban J connectivity index is 3.59. The van der Waals surface area contributed by atoms with Gasteiger partial charge in [0.2, 0.25) is 0 Å². The van der Waals surface area contributed by atoms with Crippen molar-refractivity contribution in [1.82, 2.24) is 0 Å². The quantitative estimate of drug-likeness (QED) is 0.488. The van der Waals surface area contributed by atoms with Gasteiger partial charge in [0.1, 0.15) is 5.57 Å². The zero-order chi connectivity index (χ0) is 13.9. The van der Waals surface area contributed by atoms with Gasteiger partial charge in [-0.25, -0.2) is 9.59 Å². The number of carboxylic acid groups (broad SMARTS) is 2. The molecule has 0 spiro atoms. The van der Waals surface area contributed by atoms with Crippen molar-refractivity contribution in [3.63, 3.8) is 0 Å². The Bertz CT molecular complexity index is 511. The summed E-state index contributed by atoms with van der Waals surface area (Å²) in [7, 11) is 0. The molecule has 1 aromatic rings. The van der Waals surface area contributed by atoms with Crippen LogP contribution in [0.25, 0.3) is 5.57 Å². The van der Waals surface area contributed by atoms with E-state index in [1.807, 2.05) is 19.9 Å². The Kier molecular flexibility index (Phi) is 4.26. The van der Waals surface area contributed by atoms with E-state index in [9.17, 15) is 9.59 Å². The average Bonchev–Trinajstić information content (AvgIpc) is 2.28. The monoisotopic (exact) mass is 248 g/mol. The Hall–Kier alpha value is -2.10. The van der Waals surface area contributed by atoms with Crippen LogP contribution in [0.5, 0.6) is 0 Å². The standard InChI is InChI=1S/C14H16O4/c1-4-10(12(13(15)16)14(17)18)11-7-5-6-8(2)9(11)3/h5-7H,4H2,1-3H3,(H,15,16)(H,17,18). The number of hydrogen-bond acceptors (Lipinski definition) is 2. The molecule has 96 valence electrons. The number of benzene rings is 1. The highest BCUT2D eigenvalue weighted by Crippen LogP contribution is 2.27. The molecule has 0 fully saturated rings. The summed E-state index contributed by atoms with van der Waals surface area (Å²) in [6, 6.07) is 5.47. The highest BCUT2D eigenvalue weighted by molar-refractivity contribution is 6.18. The maximum atomic E-state index is 11.1. The molecule has 0 heterocycles. The van der Waals surface area contributed by atoms with Crippen molar-refractivity contribution < 1.29 is 19.8 Å². The first-order valence-electron chi connectivity index (χ1n) is 5.66. The fraction of sp³-hybridized carbons (Fsp3) is 0.286. The number of allylic oxidation sites excluding steroid dienone is 1. The minimum atomic E-state index is -1.40. The predicted octanol–water partition coefficient (Wildman–Crippen LogP) is 2.64. The second-order valence-corrected chi connectivity index (χ2v) is 4.06. The first kappa shape index (κ1) is 14.0. The summed E-state index contributed by atoms with van der Waals surface area (Å²) in [5, 5.41) is 18.1. The summed E-state index contributed by atoms with van der Waals surface area (Å²) in [4.78, 5) is 22.1. The van der Waals surface area contributed by atoms with Gasteiger partial charge in [0, 0.05) is 0 Å². The minimum Gasteiger partial charge on any atom is -0.477 e. The second kappa shape index (κ2) is 5.49. The highest BCUT2D eigenvalue weighted by Gasteiger charge is 2.22. The molecule has 0 saturated heterocycles. The van der Waals surface area contributed by atoms with Gasteiger partial charge in [-0.2, -0.15) is 0 Å². The van der Waals surface area contributed by atoms with Gasteiger partial charge in [0.25, 0.3) is 0 Å². The predicted molar refractivity (Wildman–Crippen MR) is 68.4 cm³/mol. The maximum Gasteiger partial charge on any atom is 0.343 e. The lowest BCUT2D eigenvalue weighted by Crippen LogP contribution is -2.14. The molecule has 0 saturated carbocycles. The fourth-order valence-corrected chi connectivity index (χ4v) is 1.93. The van der Waals surface area contributed by atoms with E-state index in [1.54, 1.807) is 19.1 Å². The third-order valence-corrected chi connectivity index (χ3v) is 3.01. The van der Waals surface area contributed by atoms with Crippen molar-refractivity contribution in [1.29, 1.82) is 0 Å². The molecule has 0 unspecified atom stereocenters. The van der Waals surface area contributed by atoms with Crippen molar-refractivity contribution in [3.8, 4) is 0 Å². The molecular formula is C14H16O4. The summed E-state index contributed by atoms with van der Waals surface area (Å²) in [6.07, 6.45) is 0.359. The van der Waals surface area contributed by atoms with Crippen molar-refractivity contribution in [2.45, 2.75) is 27.2 Å². The van der Waals surface area contributed by atoms with E-state index in [4.69, 9.17) is 10.2 Å². The molecule has 4 nitrogen and oxygen atoms in total. The summed E-state index contributed by atoms with van der Waals surface area (Å²) in [5.74, 6) is -2.81. The van der Waals surface area contributed by atoms with E-state index >= 15 is 0 Å². The third-order valence-electron chi connectivity index (χ3n) is 3.01. The van der Waals surface area contributed by atoms with Crippen LogP contribution < -0.4 is 0 Å². The van der Waals surface area contributed by atoms with Crippen LogP contribution in [0.3, 0.4) is 0 Å². The van der Waals surface area contributed by atoms with Gasteiger partial charge in [-0.15, -0.1) is 0 Å². The van der Waals surface area contributed by atoms with Crippen LogP contribution in [-0.2, 0) is 9.59 Å². The van der Waals surface area contributed by atoms with Crippen LogP contribution in [-0.4, -0.2) is 22.2 Å². The molecule has 0 aliphatic heterocycles. The van der Waals surface area contributed by atoms with E-state index in [0.29, 0.717) is 17.6 Å². The highest BCUT2D eigenvalue weighted by atomic mass is 16.4. The van der Waals surface area contributed by atoms with Crippen molar-refractivity contribution in [2.24, 2.45) is 0 Å². The van der Waals surface area contributed by atoms with Crippen molar-refractivity contribution >= 4 is 17.5 Å². The normalized spacial score (nSPS) is 9.94. The number of aliphatic carboxylic acids is 2. The third kappa shape index (κ3) is 2.59. The number of aryl methyl sites for hydroxylation is 1. The van der Waals surface area contributed by atoms with E-state index in [2.05, 4.69) is 0 Å². The van der Waals surface area contributed by atoms with Gasteiger partial charge in [0.05, 0.1) is 0 Å². The smallest absolute Gasteiger partial charge is 0.343 e. The molecule has 0 atom stereocenters. The van der Waals surface area contributed by atoms with Crippen LogP contribution in [0.2, 0.25) is 0 Å². The number of carboxylic acids is 2. The van der Waals surface area contributed by atoms with Gasteiger partial charge in [0.15, 0.2) is 0 Å². The van der Waals surface area contributed by atoms with Crippen LogP contribution in [0.4, 0.5) is 0 Å². The van der Waals surface area contributed by atoms with Gasteiger partial charge in [-0.1, -0.05) is 25.1 Å². The molecule has 0 bridgehead atoms. The number of hydrogen-bond donors (Lipinski definition) is 2. The summed E-state index contributed by atoms with van der Waals surface area (Å²) in [6.45, 7) is 5.53. The van der Waals surface area contributed by atoms with Crippen molar-refractivity contribution in [3.05, 3.63) is 40.5 Å². The zero-order valence-corrected chi connectivity index (χ0v) is 10.7. The molecule has 2 N–H and O–H groups in total. The number of rotatable bonds is 4. The maximum absolute atomic E-state index is 11.1. The molecular weight excluding hydrogens is 232 g/mol. The van der Waals surface area contributed by atoms with E-state index < -0.39 is 17.5 Å². The topological polar surface area (TPSA) is 74.6 Å². The summed E-state index contributed by atoms with van der Waals surface area (Å²) >= 11 is 0. The lowest BCUT2D eigenvalue weighted by atomic mass is 9.92. The minimum absolute atomic E-state index is 0.358. The Morgan fingerprint density at radius 1 is 1.11 bits per heavy atom. The fourth-order valence-electron chi connectivity index (χ4n) is 1.93. The zero-order valence-electron chi connectivity index (χ0n) is 10.7. The molecule has 0 aromatic heterocycles. The Morgan fingerprint density at radius 3 is 2.11 bits per heavy atom. The van der Waals surface area contributed by atoms with Crippen LogP contribution >= 0.6 is 0 Å². The average molecular weight is 248 g/mol. The molecule has 1 aromatic carbocycles. The Labute approximate surface area is 106 Å². The first-order valence-corrected chi connectivity index (χ1v) is 5.66. The van der Waals surface area contributed by atoms with E-state index in [0.717, 1.165) is 11.1 Å². The molecule has 0 aliphatic carbocycles. The van der Waals surface area contributed by atoms with E-state index in [1.165, 1.54) is 0 Å². The lowest BCUT2D eigenvalue weighted by Gasteiger charge is -2.13. The van der Waals surface area contributed by atoms with Crippen LogP contribution in [0.1, 0.15) is 30.0 Å². The largest absolute Gasteiger partial charge is 0.477 e. The van der Waals surface area contributed by atoms with Gasteiger partial charge >= 0.3 is 11.9 Å². The van der Waals surface area contributed by atoms with Crippen LogP contribution in [0.15, 0.2) is 23.8 Å². The molecule has 0 aliphatic rings. The second-order valence-electron chi connectivity index (χ2n) is 4.06. The SMILES string of the molecule is CCC(=C(C(=O)O)C(=O)O)c1cccc(C)c1C. The van der Waals surface area contributed by atoms with Gasteiger partial charge in [-0.05, 0) is 42.5 Å². The van der Waals surface area contributed by atoms with E-state index in [-0.39, 0.29) is 0 Å². The molecule has 0 radical (unpaired) electrons. The first-order chi connectivity index (χ1) is 8.40. The molecule has 1 rings (SSSR count). The van der Waals surface area contributed by atoms with Gasteiger partial charge < -0.3 is 10.2 Å². The molecule has 0 amide bonds. The van der Waals surface area contributed by atoms with Gasteiger partial charge in [-0.3, -0.25) is 0 Å². The van der Waals surface area contributed by atoms with Crippen molar-refractivity contribution in [2.75, 3.05) is 0 Å². The van der Waals surface area contributed by atoms with Crippen LogP contribution in [0, 0.1) is 13.8 Å². The Morgan fingerprint density at radius 2 is 1.67 bits per heavy atom. The molecule has 4 heteroatoms. The number of carbonyl (C=O) groups is 2. The molecule has 18 heavy (non-hydrogen) atoms.